The molecule has 0 heterocycles. The summed E-state index contributed by atoms with van der Waals surface area (Å²) in [7, 11) is 1.64. The van der Waals surface area contributed by atoms with Gasteiger partial charge in [-0.25, -0.2) is 9.18 Å². The molecule has 0 spiro atoms. The second-order valence-electron chi connectivity index (χ2n) is 4.26. The largest absolute Gasteiger partial charge is 0.465 e. The summed E-state index contributed by atoms with van der Waals surface area (Å²) in [6, 6.07) is 8.23. The average molecular weight is 294 g/mol. The summed E-state index contributed by atoms with van der Waals surface area (Å²) in [6.07, 6.45) is 0.670. The van der Waals surface area contributed by atoms with Crippen LogP contribution in [-0.2, 0) is 15.4 Å². The van der Waals surface area contributed by atoms with Crippen LogP contribution in [0.2, 0.25) is 0 Å². The van der Waals surface area contributed by atoms with Crippen molar-refractivity contribution in [3.05, 3.63) is 47.3 Å². The predicted octanol–water partition coefficient (Wildman–Crippen LogP) is 3.90. The Morgan fingerprint density at radius 3 is 2.80 bits per heavy atom. The van der Waals surface area contributed by atoms with E-state index in [-0.39, 0.29) is 5.82 Å². The van der Waals surface area contributed by atoms with Gasteiger partial charge < -0.3 is 9.26 Å². The molecule has 0 fully saturated rings. The van der Waals surface area contributed by atoms with Crippen molar-refractivity contribution in [3.8, 4) is 0 Å². The summed E-state index contributed by atoms with van der Waals surface area (Å²) < 4.78 is 24.0. The van der Waals surface area contributed by atoms with Gasteiger partial charge in [0.25, 0.3) is 0 Å². The fraction of sp³-hybridized carbons (Fsp3) is 0.267. The number of benzene rings is 2. The van der Waals surface area contributed by atoms with E-state index in [1.807, 2.05) is 13.0 Å². The zero-order valence-electron chi connectivity index (χ0n) is 11.4. The van der Waals surface area contributed by atoms with E-state index in [1.54, 1.807) is 18.2 Å². The Balaban J connectivity index is 2.36. The summed E-state index contributed by atoms with van der Waals surface area (Å²) in [4.78, 5) is 11.5. The number of hydrogen-bond acceptors (Lipinski definition) is 3. The maximum Gasteiger partial charge on any atom is 0.337 e. The molecule has 0 aliphatic carbocycles. The van der Waals surface area contributed by atoms with E-state index >= 15 is 0 Å². The van der Waals surface area contributed by atoms with Gasteiger partial charge in [-0.3, -0.25) is 0 Å². The smallest absolute Gasteiger partial charge is 0.337 e. The highest BCUT2D eigenvalue weighted by molar-refractivity contribution is 7.31. The van der Waals surface area contributed by atoms with Gasteiger partial charge >= 0.3 is 5.97 Å². The number of hydrogen-bond donors (Lipinski definition) is 0. The molecule has 0 radical (unpaired) electrons. The lowest BCUT2D eigenvalue weighted by Crippen LogP contribution is -2.00. The standard InChI is InChI=1S/C15H16FO3P/c1-3-19-20-9-10-6-12-8-11(15(17)18-2)4-5-13(12)14(16)7-10/h4-8,20H,3,9H2,1-2H3. The number of esters is 1. The van der Waals surface area contributed by atoms with Gasteiger partial charge in [-0.05, 0) is 36.1 Å². The van der Waals surface area contributed by atoms with Crippen LogP contribution in [0.5, 0.6) is 0 Å². The van der Waals surface area contributed by atoms with Crippen molar-refractivity contribution in [3.63, 3.8) is 0 Å². The lowest BCUT2D eigenvalue weighted by Gasteiger charge is -2.07. The predicted molar refractivity (Wildman–Crippen MR) is 78.9 cm³/mol. The highest BCUT2D eigenvalue weighted by Gasteiger charge is 2.09. The van der Waals surface area contributed by atoms with Crippen LogP contribution < -0.4 is 0 Å². The fourth-order valence-electron chi connectivity index (χ4n) is 1.96. The van der Waals surface area contributed by atoms with E-state index in [9.17, 15) is 9.18 Å². The van der Waals surface area contributed by atoms with Gasteiger partial charge in [0.2, 0.25) is 0 Å². The first-order chi connectivity index (χ1) is 9.65. The Hall–Kier alpha value is -1.51. The minimum Gasteiger partial charge on any atom is -0.465 e. The highest BCUT2D eigenvalue weighted by atomic mass is 31.1. The number of carbonyl (C=O) groups is 1. The Labute approximate surface area is 118 Å². The molecule has 0 aliphatic heterocycles. The van der Waals surface area contributed by atoms with Crippen LogP contribution >= 0.6 is 8.81 Å². The Morgan fingerprint density at radius 2 is 2.10 bits per heavy atom. The van der Waals surface area contributed by atoms with Crippen molar-refractivity contribution in [1.29, 1.82) is 0 Å². The molecule has 2 rings (SSSR count). The first-order valence-electron chi connectivity index (χ1n) is 6.31. The molecule has 0 bridgehead atoms. The molecule has 1 atom stereocenters. The van der Waals surface area contributed by atoms with Gasteiger partial charge in [-0.1, -0.05) is 12.1 Å². The summed E-state index contributed by atoms with van der Waals surface area (Å²) in [6.45, 7) is 2.58. The van der Waals surface area contributed by atoms with Crippen molar-refractivity contribution in [1.82, 2.24) is 0 Å². The number of ether oxygens (including phenoxy) is 1. The highest BCUT2D eigenvalue weighted by Crippen LogP contribution is 2.26. The van der Waals surface area contributed by atoms with Crippen molar-refractivity contribution in [2.45, 2.75) is 13.1 Å². The van der Waals surface area contributed by atoms with E-state index in [0.717, 1.165) is 5.56 Å². The zero-order chi connectivity index (χ0) is 14.5. The first kappa shape index (κ1) is 14.9. The van der Waals surface area contributed by atoms with Crippen LogP contribution in [0.15, 0.2) is 30.3 Å². The number of halogens is 1. The second kappa shape index (κ2) is 6.78. The quantitative estimate of drug-likeness (QED) is 0.476. The molecule has 0 aliphatic rings. The third-order valence-corrected chi connectivity index (χ3v) is 3.95. The Kier molecular flexibility index (Phi) is 5.05. The monoisotopic (exact) mass is 294 g/mol. The summed E-state index contributed by atoms with van der Waals surface area (Å²) in [5.41, 5.74) is 1.28. The lowest BCUT2D eigenvalue weighted by atomic mass is 10.0. The third-order valence-electron chi connectivity index (χ3n) is 2.91. The maximum absolute atomic E-state index is 14.0. The number of rotatable bonds is 5. The van der Waals surface area contributed by atoms with Crippen LogP contribution in [0.25, 0.3) is 10.8 Å². The van der Waals surface area contributed by atoms with Crippen LogP contribution in [0.1, 0.15) is 22.8 Å². The minimum atomic E-state index is -0.422. The molecular weight excluding hydrogens is 278 g/mol. The number of fused-ring (bicyclic) bond motifs is 1. The first-order valence-corrected chi connectivity index (χ1v) is 7.42. The molecule has 0 saturated carbocycles. The second-order valence-corrected chi connectivity index (χ2v) is 5.19. The molecule has 2 aromatic carbocycles. The summed E-state index contributed by atoms with van der Waals surface area (Å²) in [5.74, 6) is -0.705. The molecular formula is C15H16FO3P. The number of carbonyl (C=O) groups excluding carboxylic acids is 1. The Morgan fingerprint density at radius 1 is 1.30 bits per heavy atom. The van der Waals surface area contributed by atoms with Gasteiger partial charge in [-0.15, -0.1) is 0 Å². The van der Waals surface area contributed by atoms with Crippen molar-refractivity contribution in [2.24, 2.45) is 0 Å². The van der Waals surface area contributed by atoms with E-state index in [0.29, 0.717) is 37.9 Å². The SMILES string of the molecule is CCOPCc1cc(F)c2ccc(C(=O)OC)cc2c1. The van der Waals surface area contributed by atoms with Crippen molar-refractivity contribution < 1.29 is 18.4 Å². The lowest BCUT2D eigenvalue weighted by molar-refractivity contribution is 0.0601. The Bertz CT molecular complexity index is 628. The van der Waals surface area contributed by atoms with Crippen molar-refractivity contribution >= 4 is 25.5 Å². The van der Waals surface area contributed by atoms with Crippen LogP contribution in [0.4, 0.5) is 4.39 Å². The molecule has 20 heavy (non-hydrogen) atoms. The van der Waals surface area contributed by atoms with Crippen LogP contribution in [-0.4, -0.2) is 19.7 Å². The van der Waals surface area contributed by atoms with E-state index in [1.165, 1.54) is 13.2 Å². The summed E-state index contributed by atoms with van der Waals surface area (Å²) in [5, 5.41) is 1.20. The molecule has 0 saturated heterocycles. The molecule has 2 aromatic rings. The van der Waals surface area contributed by atoms with Gasteiger partial charge in [0.05, 0.1) is 12.7 Å². The van der Waals surface area contributed by atoms with E-state index < -0.39 is 5.97 Å². The zero-order valence-corrected chi connectivity index (χ0v) is 12.4. The topological polar surface area (TPSA) is 35.5 Å². The molecule has 106 valence electrons. The van der Waals surface area contributed by atoms with Gasteiger partial charge in [0, 0.05) is 27.0 Å². The van der Waals surface area contributed by atoms with Gasteiger partial charge in [0.1, 0.15) is 5.82 Å². The third kappa shape index (κ3) is 3.33. The van der Waals surface area contributed by atoms with Gasteiger partial charge in [0.15, 0.2) is 0 Å². The molecule has 5 heteroatoms. The number of methoxy groups -OCH3 is 1. The van der Waals surface area contributed by atoms with Gasteiger partial charge in [-0.2, -0.15) is 0 Å². The van der Waals surface area contributed by atoms with Crippen LogP contribution in [0, 0.1) is 5.82 Å². The molecule has 0 amide bonds. The van der Waals surface area contributed by atoms with Crippen LogP contribution in [0.3, 0.4) is 0 Å². The fourth-order valence-corrected chi connectivity index (χ4v) is 2.64. The molecule has 1 unspecified atom stereocenters. The average Bonchev–Trinajstić information content (AvgIpc) is 2.46. The molecule has 0 N–H and O–H groups in total. The minimum absolute atomic E-state index is 0.282. The summed E-state index contributed by atoms with van der Waals surface area (Å²) >= 11 is 0. The van der Waals surface area contributed by atoms with Crippen molar-refractivity contribution in [2.75, 3.05) is 13.7 Å². The van der Waals surface area contributed by atoms with E-state index in [4.69, 9.17) is 4.52 Å². The molecule has 3 nitrogen and oxygen atoms in total. The normalized spacial score (nSPS) is 11.3. The van der Waals surface area contributed by atoms with E-state index in [2.05, 4.69) is 4.74 Å². The molecule has 0 aromatic heterocycles. The maximum atomic E-state index is 14.0.